The van der Waals surface area contributed by atoms with E-state index in [2.05, 4.69) is 48.5 Å². The van der Waals surface area contributed by atoms with E-state index in [1.54, 1.807) is 12.1 Å². The van der Waals surface area contributed by atoms with Gasteiger partial charge in [-0.2, -0.15) is 0 Å². The molecule has 0 fully saturated rings. The van der Waals surface area contributed by atoms with Crippen molar-refractivity contribution in [1.82, 2.24) is 4.90 Å². The molecule has 1 rings (SSSR count). The van der Waals surface area contributed by atoms with Crippen LogP contribution in [0.2, 0.25) is 0 Å². The van der Waals surface area contributed by atoms with Crippen molar-refractivity contribution in [2.45, 2.75) is 52.6 Å². The molecule has 0 saturated heterocycles. The Morgan fingerprint density at radius 1 is 1.24 bits per heavy atom. The van der Waals surface area contributed by atoms with Crippen LogP contribution < -0.4 is 5.73 Å². The molecule has 0 spiro atoms. The second-order valence-corrected chi connectivity index (χ2v) is 6.84. The molecule has 0 saturated carbocycles. The first-order valence-electron chi connectivity index (χ1n) is 7.85. The van der Waals surface area contributed by atoms with Gasteiger partial charge in [-0.3, -0.25) is 4.90 Å². The van der Waals surface area contributed by atoms with Crippen molar-refractivity contribution in [2.75, 3.05) is 13.1 Å². The fourth-order valence-electron chi connectivity index (χ4n) is 2.89. The van der Waals surface area contributed by atoms with Gasteiger partial charge in [-0.1, -0.05) is 33.8 Å². The van der Waals surface area contributed by atoms with Crippen LogP contribution in [0.4, 0.5) is 4.39 Å². The number of hydrogen-bond donors (Lipinski definition) is 1. The fourth-order valence-corrected chi connectivity index (χ4v) is 3.14. The van der Waals surface area contributed by atoms with E-state index >= 15 is 0 Å². The summed E-state index contributed by atoms with van der Waals surface area (Å²) < 4.78 is 14.4. The van der Waals surface area contributed by atoms with Crippen LogP contribution >= 0.6 is 15.9 Å². The highest BCUT2D eigenvalue weighted by molar-refractivity contribution is 9.10. The SMILES string of the molecule is CCC(CC)N(CC(C)C)C(CN)c1ccc(Br)c(F)c1. The molecule has 1 aromatic rings. The minimum atomic E-state index is -0.222. The van der Waals surface area contributed by atoms with E-state index in [1.807, 2.05) is 6.07 Å². The van der Waals surface area contributed by atoms with Gasteiger partial charge in [0.2, 0.25) is 0 Å². The van der Waals surface area contributed by atoms with E-state index < -0.39 is 0 Å². The zero-order chi connectivity index (χ0) is 16.0. The van der Waals surface area contributed by atoms with Crippen LogP contribution in [0.3, 0.4) is 0 Å². The first-order valence-corrected chi connectivity index (χ1v) is 8.64. The summed E-state index contributed by atoms with van der Waals surface area (Å²) in [5.74, 6) is 0.333. The van der Waals surface area contributed by atoms with Crippen LogP contribution in [0.15, 0.2) is 22.7 Å². The lowest BCUT2D eigenvalue weighted by molar-refractivity contribution is 0.112. The molecule has 120 valence electrons. The van der Waals surface area contributed by atoms with Crippen LogP contribution in [0.25, 0.3) is 0 Å². The number of halogens is 2. The van der Waals surface area contributed by atoms with Gasteiger partial charge in [-0.25, -0.2) is 4.39 Å². The quantitative estimate of drug-likeness (QED) is 0.727. The summed E-state index contributed by atoms with van der Waals surface area (Å²) in [6, 6.07) is 5.90. The molecule has 4 heteroatoms. The standard InChI is InChI=1S/C17H28BrFN2/c1-5-14(6-2)21(11-12(3)4)17(10-20)13-7-8-15(18)16(19)9-13/h7-9,12,14,17H,5-6,10-11,20H2,1-4H3. The third-order valence-corrected chi connectivity index (χ3v) is 4.58. The molecule has 1 atom stereocenters. The molecule has 0 aliphatic heterocycles. The van der Waals surface area contributed by atoms with Gasteiger partial charge in [0, 0.05) is 25.2 Å². The number of nitrogens with zero attached hydrogens (tertiary/aromatic N) is 1. The maximum Gasteiger partial charge on any atom is 0.137 e. The summed E-state index contributed by atoms with van der Waals surface area (Å²) in [6.45, 7) is 10.3. The van der Waals surface area contributed by atoms with Gasteiger partial charge in [0.15, 0.2) is 0 Å². The Balaban J connectivity index is 3.12. The van der Waals surface area contributed by atoms with E-state index in [0.29, 0.717) is 23.0 Å². The number of hydrogen-bond acceptors (Lipinski definition) is 2. The third kappa shape index (κ3) is 5.04. The van der Waals surface area contributed by atoms with Gasteiger partial charge in [0.25, 0.3) is 0 Å². The molecule has 2 nitrogen and oxygen atoms in total. The summed E-state index contributed by atoms with van der Waals surface area (Å²) in [5, 5.41) is 0. The lowest BCUT2D eigenvalue weighted by Crippen LogP contribution is -2.43. The first kappa shape index (κ1) is 18.6. The first-order chi connectivity index (χ1) is 9.94. The average Bonchev–Trinajstić information content (AvgIpc) is 2.44. The van der Waals surface area contributed by atoms with E-state index in [0.717, 1.165) is 24.9 Å². The van der Waals surface area contributed by atoms with Crippen LogP contribution in [0.5, 0.6) is 0 Å². The summed E-state index contributed by atoms with van der Waals surface area (Å²) >= 11 is 3.21. The Hall–Kier alpha value is -0.450. The molecule has 0 heterocycles. The molecule has 0 radical (unpaired) electrons. The van der Waals surface area contributed by atoms with Gasteiger partial charge in [0.1, 0.15) is 5.82 Å². The molecule has 0 aliphatic rings. The molecule has 0 bridgehead atoms. The third-order valence-electron chi connectivity index (χ3n) is 3.94. The second kappa shape index (κ2) is 8.86. The van der Waals surface area contributed by atoms with Crippen LogP contribution in [-0.2, 0) is 0 Å². The highest BCUT2D eigenvalue weighted by Crippen LogP contribution is 2.28. The molecular weight excluding hydrogens is 331 g/mol. The second-order valence-electron chi connectivity index (χ2n) is 5.99. The smallest absolute Gasteiger partial charge is 0.137 e. The maximum absolute atomic E-state index is 13.9. The Labute approximate surface area is 137 Å². The molecule has 1 aromatic carbocycles. The Kier molecular flexibility index (Phi) is 7.85. The molecule has 0 aliphatic carbocycles. The maximum atomic E-state index is 13.9. The highest BCUT2D eigenvalue weighted by atomic mass is 79.9. The van der Waals surface area contributed by atoms with E-state index in [9.17, 15) is 4.39 Å². The Bertz CT molecular complexity index is 433. The molecule has 1 unspecified atom stereocenters. The monoisotopic (exact) mass is 358 g/mol. The van der Waals surface area contributed by atoms with Crippen LogP contribution in [0.1, 0.15) is 52.1 Å². The Morgan fingerprint density at radius 2 is 1.86 bits per heavy atom. The fraction of sp³-hybridized carbons (Fsp3) is 0.647. The lowest BCUT2D eigenvalue weighted by Gasteiger charge is -2.38. The normalized spacial score (nSPS) is 13.4. The van der Waals surface area contributed by atoms with Crippen LogP contribution in [0, 0.1) is 11.7 Å². The minimum absolute atomic E-state index is 0.0694. The molecular formula is C17H28BrFN2. The van der Waals surface area contributed by atoms with Crippen molar-refractivity contribution in [3.05, 3.63) is 34.1 Å². The summed E-state index contributed by atoms with van der Waals surface area (Å²) in [7, 11) is 0. The van der Waals surface area contributed by atoms with Crippen molar-refractivity contribution in [1.29, 1.82) is 0 Å². The Morgan fingerprint density at radius 3 is 2.29 bits per heavy atom. The van der Waals surface area contributed by atoms with Gasteiger partial charge >= 0.3 is 0 Å². The number of nitrogens with two attached hydrogens (primary N) is 1. The predicted molar refractivity (Wildman–Crippen MR) is 91.8 cm³/mol. The topological polar surface area (TPSA) is 29.3 Å². The van der Waals surface area contributed by atoms with Gasteiger partial charge in [-0.15, -0.1) is 0 Å². The van der Waals surface area contributed by atoms with Gasteiger partial charge in [0.05, 0.1) is 4.47 Å². The van der Waals surface area contributed by atoms with Gasteiger partial charge in [-0.05, 0) is 52.4 Å². The minimum Gasteiger partial charge on any atom is -0.329 e. The summed E-state index contributed by atoms with van der Waals surface area (Å²) in [6.07, 6.45) is 2.16. The largest absolute Gasteiger partial charge is 0.329 e. The molecule has 2 N–H and O–H groups in total. The van der Waals surface area contributed by atoms with Crippen molar-refractivity contribution >= 4 is 15.9 Å². The van der Waals surface area contributed by atoms with Crippen molar-refractivity contribution < 1.29 is 4.39 Å². The van der Waals surface area contributed by atoms with E-state index in [4.69, 9.17) is 5.73 Å². The highest BCUT2D eigenvalue weighted by Gasteiger charge is 2.25. The number of benzene rings is 1. The molecule has 0 aromatic heterocycles. The average molecular weight is 359 g/mol. The van der Waals surface area contributed by atoms with Crippen molar-refractivity contribution in [3.63, 3.8) is 0 Å². The zero-order valence-corrected chi connectivity index (χ0v) is 15.2. The van der Waals surface area contributed by atoms with Crippen LogP contribution in [-0.4, -0.2) is 24.0 Å². The predicted octanol–water partition coefficient (Wildman–Crippen LogP) is 4.73. The summed E-state index contributed by atoms with van der Waals surface area (Å²) in [5.41, 5.74) is 7.00. The van der Waals surface area contributed by atoms with Crippen molar-refractivity contribution in [2.24, 2.45) is 11.7 Å². The zero-order valence-electron chi connectivity index (χ0n) is 13.6. The van der Waals surface area contributed by atoms with Gasteiger partial charge < -0.3 is 5.73 Å². The van der Waals surface area contributed by atoms with E-state index in [-0.39, 0.29) is 11.9 Å². The molecule has 21 heavy (non-hydrogen) atoms. The lowest BCUT2D eigenvalue weighted by atomic mass is 9.99. The van der Waals surface area contributed by atoms with Crippen molar-refractivity contribution in [3.8, 4) is 0 Å². The summed E-state index contributed by atoms with van der Waals surface area (Å²) in [4.78, 5) is 2.45. The number of rotatable bonds is 8. The molecule has 0 amide bonds. The van der Waals surface area contributed by atoms with E-state index in [1.165, 1.54) is 0 Å².